The fourth-order valence-electron chi connectivity index (χ4n) is 8.77. The number of fused-ring (bicyclic) bond motifs is 7. The van der Waals surface area contributed by atoms with Gasteiger partial charge >= 0.3 is 0 Å². The average Bonchev–Trinajstić information content (AvgIpc) is 3.59. The van der Waals surface area contributed by atoms with Crippen LogP contribution in [-0.4, -0.2) is 11.3 Å². The monoisotopic (exact) mass is 601 g/mol. The maximum Gasteiger partial charge on any atom is 0.248 e. The van der Waals surface area contributed by atoms with Gasteiger partial charge in [0.15, 0.2) is 0 Å². The zero-order chi connectivity index (χ0) is 31.3. The summed E-state index contributed by atoms with van der Waals surface area (Å²) in [5, 5.41) is 1.29. The molecule has 0 spiro atoms. The minimum Gasteiger partial charge on any atom is -0.312 e. The Kier molecular flexibility index (Phi) is 5.43. The summed E-state index contributed by atoms with van der Waals surface area (Å²) in [7, 11) is 0. The second-order valence-corrected chi connectivity index (χ2v) is 13.3. The Labute approximate surface area is 275 Å². The van der Waals surface area contributed by atoms with Crippen LogP contribution < -0.4 is 20.7 Å². The summed E-state index contributed by atoms with van der Waals surface area (Å²) in [4.78, 5) is 5.03. The summed E-state index contributed by atoms with van der Waals surface area (Å²) < 4.78 is 2.53. The van der Waals surface area contributed by atoms with Crippen LogP contribution in [0, 0.1) is 0 Å². The molecule has 3 heterocycles. The van der Waals surface area contributed by atoms with Crippen molar-refractivity contribution in [3.05, 3.63) is 174 Å². The number of anilines is 5. The molecule has 3 nitrogen and oxygen atoms in total. The number of benzene rings is 6. The highest BCUT2D eigenvalue weighted by atomic mass is 15.2. The lowest BCUT2D eigenvalue weighted by Gasteiger charge is -2.46. The van der Waals surface area contributed by atoms with Gasteiger partial charge in [0.2, 0.25) is 6.71 Å². The Morgan fingerprint density at radius 1 is 0.489 bits per heavy atom. The topological polar surface area (TPSA) is 11.4 Å². The van der Waals surface area contributed by atoms with E-state index >= 15 is 0 Å². The summed E-state index contributed by atoms with van der Waals surface area (Å²) in [5.74, 6) is 0. The second kappa shape index (κ2) is 9.64. The van der Waals surface area contributed by atoms with E-state index in [1.807, 2.05) is 0 Å². The van der Waals surface area contributed by atoms with Crippen molar-refractivity contribution < 1.29 is 0 Å². The highest BCUT2D eigenvalue weighted by Gasteiger charge is 2.54. The minimum absolute atomic E-state index is 0.0951. The number of rotatable bonds is 3. The quantitative estimate of drug-likeness (QED) is 0.187. The molecular formula is C43H32BN3. The summed E-state index contributed by atoms with van der Waals surface area (Å²) in [6.07, 6.45) is 0. The van der Waals surface area contributed by atoms with Crippen LogP contribution in [0.2, 0.25) is 0 Å². The largest absolute Gasteiger partial charge is 0.312 e. The van der Waals surface area contributed by atoms with Crippen molar-refractivity contribution in [1.82, 2.24) is 4.57 Å². The van der Waals surface area contributed by atoms with Crippen LogP contribution in [0.5, 0.6) is 0 Å². The number of aromatic nitrogens is 1. The van der Waals surface area contributed by atoms with Crippen molar-refractivity contribution in [2.75, 3.05) is 9.80 Å². The fraction of sp³-hybridized carbons (Fsp3) is 0.0698. The highest BCUT2D eigenvalue weighted by Crippen LogP contribution is 2.58. The normalized spacial score (nSPS) is 15.4. The van der Waals surface area contributed by atoms with Gasteiger partial charge in [0.1, 0.15) is 0 Å². The van der Waals surface area contributed by atoms with Gasteiger partial charge in [-0.3, -0.25) is 0 Å². The molecule has 6 aromatic carbocycles. The van der Waals surface area contributed by atoms with Gasteiger partial charge in [-0.15, -0.1) is 0 Å². The van der Waals surface area contributed by atoms with Gasteiger partial charge in [-0.2, -0.15) is 0 Å². The van der Waals surface area contributed by atoms with Crippen LogP contribution in [0.4, 0.5) is 28.4 Å². The molecule has 2 aliphatic heterocycles. The van der Waals surface area contributed by atoms with Crippen LogP contribution in [0.15, 0.2) is 163 Å². The number of nitrogens with zero attached hydrogens (tertiary/aromatic N) is 3. The SMILES string of the molecule is CC1(C)C2=C(c3c1n(-c1ccccc1)c1ccccc31)N(c1ccccc1)c1cccc3c1B2c1ccccc1N3c1ccccc1. The molecule has 10 rings (SSSR count). The molecule has 1 aromatic heterocycles. The Hall–Kier alpha value is -5.74. The molecule has 1 aliphatic carbocycles. The molecule has 0 fully saturated rings. The van der Waals surface area contributed by atoms with E-state index < -0.39 is 0 Å². The molecule has 0 bridgehead atoms. The van der Waals surface area contributed by atoms with Crippen molar-refractivity contribution in [1.29, 1.82) is 0 Å². The van der Waals surface area contributed by atoms with Gasteiger partial charge < -0.3 is 14.4 Å². The molecule has 7 aromatic rings. The number of para-hydroxylation sites is 5. The predicted molar refractivity (Wildman–Crippen MR) is 198 cm³/mol. The molecule has 0 radical (unpaired) electrons. The van der Waals surface area contributed by atoms with Crippen LogP contribution >= 0.6 is 0 Å². The molecule has 222 valence electrons. The first-order valence-corrected chi connectivity index (χ1v) is 16.5. The number of allylic oxidation sites excluding steroid dienone is 1. The first-order valence-electron chi connectivity index (χ1n) is 16.5. The van der Waals surface area contributed by atoms with E-state index in [1.165, 1.54) is 78.4 Å². The van der Waals surface area contributed by atoms with Gasteiger partial charge in [-0.1, -0.05) is 116 Å². The van der Waals surface area contributed by atoms with E-state index in [-0.39, 0.29) is 12.1 Å². The van der Waals surface area contributed by atoms with E-state index in [9.17, 15) is 0 Å². The minimum atomic E-state index is -0.288. The predicted octanol–water partition coefficient (Wildman–Crippen LogP) is 9.42. The van der Waals surface area contributed by atoms with Crippen molar-refractivity contribution in [2.24, 2.45) is 0 Å². The van der Waals surface area contributed by atoms with E-state index in [0.29, 0.717) is 0 Å². The van der Waals surface area contributed by atoms with Crippen molar-refractivity contribution in [3.8, 4) is 5.69 Å². The van der Waals surface area contributed by atoms with Gasteiger partial charge in [0.05, 0.1) is 5.52 Å². The molecule has 0 N–H and O–H groups in total. The molecule has 0 atom stereocenters. The maximum absolute atomic E-state index is 2.57. The van der Waals surface area contributed by atoms with Crippen LogP contribution in [0.1, 0.15) is 25.1 Å². The number of hydrogen-bond acceptors (Lipinski definition) is 2. The van der Waals surface area contributed by atoms with E-state index in [4.69, 9.17) is 0 Å². The second-order valence-electron chi connectivity index (χ2n) is 13.3. The summed E-state index contributed by atoms with van der Waals surface area (Å²) in [6, 6.07) is 57.6. The maximum atomic E-state index is 2.57. The lowest BCUT2D eigenvalue weighted by molar-refractivity contribution is 0.628. The van der Waals surface area contributed by atoms with E-state index in [0.717, 1.165) is 0 Å². The first-order chi connectivity index (χ1) is 23.1. The Balaban J connectivity index is 1.36. The van der Waals surface area contributed by atoms with E-state index in [2.05, 4.69) is 186 Å². The lowest BCUT2D eigenvalue weighted by Crippen LogP contribution is -2.57. The number of hydrogen-bond donors (Lipinski definition) is 0. The fourth-order valence-corrected chi connectivity index (χ4v) is 8.77. The Bertz CT molecular complexity index is 2390. The molecule has 3 aliphatic rings. The molecule has 0 amide bonds. The van der Waals surface area contributed by atoms with Gasteiger partial charge in [0, 0.05) is 61.9 Å². The zero-order valence-electron chi connectivity index (χ0n) is 26.4. The van der Waals surface area contributed by atoms with Crippen LogP contribution in [-0.2, 0) is 5.41 Å². The third-order valence-electron chi connectivity index (χ3n) is 10.5. The molecule has 0 unspecified atom stereocenters. The average molecular weight is 602 g/mol. The van der Waals surface area contributed by atoms with Gasteiger partial charge in [-0.05, 0) is 71.6 Å². The van der Waals surface area contributed by atoms with Crippen molar-refractivity contribution in [2.45, 2.75) is 19.3 Å². The summed E-state index contributed by atoms with van der Waals surface area (Å²) in [6.45, 7) is 5.00. The molecular weight excluding hydrogens is 569 g/mol. The Morgan fingerprint density at radius 3 is 1.72 bits per heavy atom. The van der Waals surface area contributed by atoms with Gasteiger partial charge in [-0.25, -0.2) is 0 Å². The van der Waals surface area contributed by atoms with Crippen LogP contribution in [0.25, 0.3) is 22.3 Å². The summed E-state index contributed by atoms with van der Waals surface area (Å²) in [5.41, 5.74) is 16.4. The third kappa shape index (κ3) is 3.47. The molecule has 47 heavy (non-hydrogen) atoms. The Morgan fingerprint density at radius 2 is 1.02 bits per heavy atom. The summed E-state index contributed by atoms with van der Waals surface area (Å²) >= 11 is 0. The van der Waals surface area contributed by atoms with Crippen molar-refractivity contribution >= 4 is 62.7 Å². The molecule has 0 saturated carbocycles. The molecule has 4 heteroatoms. The standard InChI is InChI=1S/C43H32BN3/c1-43(2)41-40(38-32-23-12-14-25-34(32)47(42(38)43)31-21-10-5-11-22-31)46(30-19-8-4-9-20-30)37-28-16-27-36-39(37)44(41)33-24-13-15-26-35(33)45(36)29-17-6-3-7-18-29/h3-28H,1-2H3. The van der Waals surface area contributed by atoms with Gasteiger partial charge in [0.25, 0.3) is 0 Å². The molecule has 0 saturated heterocycles. The van der Waals surface area contributed by atoms with Crippen LogP contribution in [0.3, 0.4) is 0 Å². The van der Waals surface area contributed by atoms with Crippen molar-refractivity contribution in [3.63, 3.8) is 0 Å². The van der Waals surface area contributed by atoms with E-state index in [1.54, 1.807) is 0 Å². The lowest BCUT2D eigenvalue weighted by atomic mass is 9.30. The first kappa shape index (κ1) is 26.5. The smallest absolute Gasteiger partial charge is 0.248 e. The third-order valence-corrected chi connectivity index (χ3v) is 10.5. The highest BCUT2D eigenvalue weighted by molar-refractivity contribution is 6.96. The zero-order valence-corrected chi connectivity index (χ0v) is 26.4.